The highest BCUT2D eigenvalue weighted by atomic mass is 32.1. The number of hydrogen-bond donors (Lipinski definition) is 0. The van der Waals surface area contributed by atoms with Crippen molar-refractivity contribution in [2.45, 2.75) is 58.7 Å². The minimum atomic E-state index is -1.69. The number of aromatic nitrogens is 5. The molecule has 3 aromatic heterocycles. The summed E-state index contributed by atoms with van der Waals surface area (Å²) in [4.78, 5) is 54.3. The highest BCUT2D eigenvalue weighted by Gasteiger charge is 2.37. The van der Waals surface area contributed by atoms with Crippen molar-refractivity contribution in [2.75, 3.05) is 20.3 Å². The summed E-state index contributed by atoms with van der Waals surface area (Å²) in [6.45, 7) is 6.04. The third-order valence-corrected chi connectivity index (χ3v) is 8.11. The molecule has 0 saturated carbocycles. The van der Waals surface area contributed by atoms with Gasteiger partial charge in [0.2, 0.25) is 0 Å². The molecule has 0 unspecified atom stereocenters. The Balaban J connectivity index is 2.00. The summed E-state index contributed by atoms with van der Waals surface area (Å²) < 4.78 is 33.1. The minimum absolute atomic E-state index is 0.136. The number of aldehydes is 1. The first-order valence-electron chi connectivity index (χ1n) is 13.3. The van der Waals surface area contributed by atoms with Crippen molar-refractivity contribution in [2.24, 2.45) is 0 Å². The molecule has 0 radical (unpaired) electrons. The summed E-state index contributed by atoms with van der Waals surface area (Å²) >= 11 is 1.10. The topological polar surface area (TPSA) is 137 Å². The van der Waals surface area contributed by atoms with Gasteiger partial charge in [-0.1, -0.05) is 24.7 Å². The van der Waals surface area contributed by atoms with E-state index < -0.39 is 34.7 Å². The summed E-state index contributed by atoms with van der Waals surface area (Å²) in [7, 11) is 1.40. The van der Waals surface area contributed by atoms with Crippen LogP contribution < -0.4 is 16.0 Å². The maximum Gasteiger partial charge on any atom is 0.333 e. The Bertz CT molecular complexity index is 1710. The van der Waals surface area contributed by atoms with Gasteiger partial charge in [0.25, 0.3) is 5.56 Å². The van der Waals surface area contributed by atoms with E-state index in [0.29, 0.717) is 23.3 Å². The summed E-state index contributed by atoms with van der Waals surface area (Å²) in [6.07, 6.45) is 3.84. The molecule has 3 heterocycles. The molecular formula is C28H32FN5O7S. The number of fused-ring (bicyclic) bond motifs is 1. The molecule has 14 heteroatoms. The fourth-order valence-electron chi connectivity index (χ4n) is 4.60. The zero-order chi connectivity index (χ0) is 30.6. The second-order valence-electron chi connectivity index (χ2n) is 9.99. The predicted molar refractivity (Wildman–Crippen MR) is 153 cm³/mol. The SMILES string of the molecule is CCCCOC(=O)C(C)(C)n1c(=O)c2c(C)c(-n3nccn3)sc2n(C[C@@H](OCC=O)c2cc(F)ccc2OC)c1=O. The van der Waals surface area contributed by atoms with Gasteiger partial charge in [0.1, 0.15) is 45.9 Å². The lowest BCUT2D eigenvalue weighted by molar-refractivity contribution is -0.153. The van der Waals surface area contributed by atoms with E-state index in [0.717, 1.165) is 22.3 Å². The van der Waals surface area contributed by atoms with Crippen LogP contribution >= 0.6 is 11.3 Å². The number of unbranched alkanes of at least 4 members (excludes halogenated alkanes) is 1. The number of carbonyl (C=O) groups excluding carboxylic acids is 2. The van der Waals surface area contributed by atoms with Crippen molar-refractivity contribution in [3.05, 3.63) is 68.4 Å². The van der Waals surface area contributed by atoms with Gasteiger partial charge >= 0.3 is 11.7 Å². The van der Waals surface area contributed by atoms with Gasteiger partial charge in [-0.05, 0) is 45.4 Å². The van der Waals surface area contributed by atoms with E-state index in [1.807, 2.05) is 6.92 Å². The first-order valence-corrected chi connectivity index (χ1v) is 14.1. The van der Waals surface area contributed by atoms with Gasteiger partial charge in [-0.2, -0.15) is 10.2 Å². The maximum absolute atomic E-state index is 14.4. The molecule has 4 aromatic rings. The van der Waals surface area contributed by atoms with Gasteiger partial charge < -0.3 is 19.0 Å². The van der Waals surface area contributed by atoms with Crippen LogP contribution in [-0.2, 0) is 31.1 Å². The molecule has 0 aliphatic rings. The summed E-state index contributed by atoms with van der Waals surface area (Å²) in [5.74, 6) is -1.06. The maximum atomic E-state index is 14.4. The Morgan fingerprint density at radius 3 is 2.57 bits per heavy atom. The van der Waals surface area contributed by atoms with Crippen molar-refractivity contribution in [3.63, 3.8) is 0 Å². The second-order valence-corrected chi connectivity index (χ2v) is 11.0. The van der Waals surface area contributed by atoms with Crippen LogP contribution in [0.3, 0.4) is 0 Å². The molecule has 0 N–H and O–H groups in total. The van der Waals surface area contributed by atoms with Crippen LogP contribution in [0.2, 0.25) is 0 Å². The van der Waals surface area contributed by atoms with E-state index in [1.54, 1.807) is 6.92 Å². The molecule has 0 amide bonds. The molecule has 0 aliphatic heterocycles. The number of rotatable bonds is 13. The van der Waals surface area contributed by atoms with Gasteiger partial charge in [-0.25, -0.2) is 18.5 Å². The fraction of sp³-hybridized carbons (Fsp3) is 0.429. The van der Waals surface area contributed by atoms with E-state index in [2.05, 4.69) is 10.2 Å². The molecule has 0 fully saturated rings. The van der Waals surface area contributed by atoms with Crippen LogP contribution in [-0.4, -0.2) is 56.7 Å². The largest absolute Gasteiger partial charge is 0.496 e. The lowest BCUT2D eigenvalue weighted by Crippen LogP contribution is -2.53. The van der Waals surface area contributed by atoms with Crippen LogP contribution in [0.1, 0.15) is 50.8 Å². The number of halogens is 1. The Morgan fingerprint density at radius 2 is 1.93 bits per heavy atom. The van der Waals surface area contributed by atoms with Crippen molar-refractivity contribution in [1.29, 1.82) is 0 Å². The van der Waals surface area contributed by atoms with E-state index >= 15 is 0 Å². The van der Waals surface area contributed by atoms with Crippen LogP contribution in [0.15, 0.2) is 40.2 Å². The van der Waals surface area contributed by atoms with Gasteiger partial charge in [0.05, 0.1) is 38.0 Å². The predicted octanol–water partition coefficient (Wildman–Crippen LogP) is 3.30. The van der Waals surface area contributed by atoms with Gasteiger partial charge in [-0.15, -0.1) is 4.80 Å². The number of ether oxygens (including phenoxy) is 3. The highest BCUT2D eigenvalue weighted by molar-refractivity contribution is 7.21. The summed E-state index contributed by atoms with van der Waals surface area (Å²) in [5, 5.41) is 8.99. The lowest BCUT2D eigenvalue weighted by atomic mass is 10.0. The van der Waals surface area contributed by atoms with Crippen LogP contribution in [0.5, 0.6) is 5.75 Å². The molecular weight excluding hydrogens is 569 g/mol. The van der Waals surface area contributed by atoms with Crippen LogP contribution in [0.25, 0.3) is 15.2 Å². The van der Waals surface area contributed by atoms with Crippen LogP contribution in [0.4, 0.5) is 4.39 Å². The van der Waals surface area contributed by atoms with E-state index in [4.69, 9.17) is 14.2 Å². The number of esters is 1. The monoisotopic (exact) mass is 601 g/mol. The van der Waals surface area contributed by atoms with E-state index in [1.165, 1.54) is 60.9 Å². The molecule has 0 aliphatic carbocycles. The van der Waals surface area contributed by atoms with Gasteiger partial charge in [0.15, 0.2) is 0 Å². The average molecular weight is 602 g/mol. The Kier molecular flexibility index (Phi) is 9.36. The quantitative estimate of drug-likeness (QED) is 0.128. The molecule has 4 rings (SSSR count). The number of aryl methyl sites for hydroxylation is 1. The second kappa shape index (κ2) is 12.8. The van der Waals surface area contributed by atoms with Gasteiger partial charge in [0, 0.05) is 11.1 Å². The lowest BCUT2D eigenvalue weighted by Gasteiger charge is -2.27. The summed E-state index contributed by atoms with van der Waals surface area (Å²) in [5.41, 5.74) is -2.46. The number of methoxy groups -OCH3 is 1. The molecule has 12 nitrogen and oxygen atoms in total. The molecule has 0 bridgehead atoms. The van der Waals surface area contributed by atoms with Crippen molar-refractivity contribution >= 4 is 33.8 Å². The number of nitrogens with zero attached hydrogens (tertiary/aromatic N) is 5. The number of benzene rings is 1. The summed E-state index contributed by atoms with van der Waals surface area (Å²) in [6, 6.07) is 3.82. The molecule has 0 saturated heterocycles. The van der Waals surface area contributed by atoms with E-state index in [9.17, 15) is 23.6 Å². The highest BCUT2D eigenvalue weighted by Crippen LogP contribution is 2.34. The van der Waals surface area contributed by atoms with Gasteiger partial charge in [-0.3, -0.25) is 9.36 Å². The first kappa shape index (κ1) is 30.8. The molecule has 42 heavy (non-hydrogen) atoms. The van der Waals surface area contributed by atoms with Crippen molar-refractivity contribution in [1.82, 2.24) is 24.1 Å². The smallest absolute Gasteiger partial charge is 0.333 e. The standard InChI is InChI=1S/C28H32FN5O7S/c1-6-7-13-41-26(37)28(3,4)33-23(36)22-17(2)24(34-30-10-11-31-34)42-25(22)32(27(33)38)16-21(40-14-12-35)19-15-18(29)8-9-20(19)39-5/h8-12,15,21H,6-7,13-14,16H2,1-5H3/t21-/m1/s1. The fourth-order valence-corrected chi connectivity index (χ4v) is 5.82. The molecule has 1 atom stereocenters. The number of carbonyl (C=O) groups is 2. The molecule has 1 aromatic carbocycles. The zero-order valence-corrected chi connectivity index (χ0v) is 24.8. The van der Waals surface area contributed by atoms with Crippen LogP contribution in [0, 0.1) is 12.7 Å². The zero-order valence-electron chi connectivity index (χ0n) is 24.0. The Labute approximate surface area is 244 Å². The van der Waals surface area contributed by atoms with Crippen molar-refractivity contribution in [3.8, 4) is 10.8 Å². The van der Waals surface area contributed by atoms with E-state index in [-0.39, 0.29) is 41.3 Å². The molecule has 0 spiro atoms. The molecule has 224 valence electrons. The normalized spacial score (nSPS) is 12.4. The minimum Gasteiger partial charge on any atom is -0.496 e. The Hall–Kier alpha value is -4.17. The first-order chi connectivity index (χ1) is 20.1. The number of hydrogen-bond acceptors (Lipinski definition) is 10. The third kappa shape index (κ3) is 5.77. The number of thiophene rings is 1. The van der Waals surface area contributed by atoms with Crippen molar-refractivity contribution < 1.29 is 28.2 Å². The average Bonchev–Trinajstić information content (AvgIpc) is 3.61. The Morgan fingerprint density at radius 1 is 1.21 bits per heavy atom. The third-order valence-electron chi connectivity index (χ3n) is 6.83.